The number of hydrogen-bond donors (Lipinski definition) is 2. The fourth-order valence-electron chi connectivity index (χ4n) is 1.42. The molecule has 0 radical (unpaired) electrons. The van der Waals surface area contributed by atoms with Crippen LogP contribution in [0.4, 0.5) is 11.6 Å². The quantitative estimate of drug-likeness (QED) is 0.751. The first-order valence-corrected chi connectivity index (χ1v) is 6.18. The Hall–Kier alpha value is -2.21. The molecule has 0 amide bonds. The highest BCUT2D eigenvalue weighted by Gasteiger charge is 2.06. The van der Waals surface area contributed by atoms with Gasteiger partial charge in [0, 0.05) is 5.69 Å². The largest absolute Gasteiger partial charge is 0.458 e. The monoisotopic (exact) mass is 258 g/mol. The topological polar surface area (TPSA) is 66.7 Å². The maximum atomic E-state index is 5.22. The lowest BCUT2D eigenvalue weighted by Gasteiger charge is -1.98. The fourth-order valence-corrected chi connectivity index (χ4v) is 2.08. The van der Waals surface area contributed by atoms with Gasteiger partial charge in [-0.25, -0.2) is 0 Å². The molecule has 3 aromatic rings. The molecule has 0 aliphatic heterocycles. The van der Waals surface area contributed by atoms with Crippen LogP contribution < -0.4 is 5.32 Å². The van der Waals surface area contributed by atoms with Crippen molar-refractivity contribution >= 4 is 23.4 Å². The van der Waals surface area contributed by atoms with E-state index in [2.05, 4.69) is 20.5 Å². The molecule has 2 N–H and O–H groups in total. The molecule has 6 heteroatoms. The Bertz CT molecular complexity index is 606. The van der Waals surface area contributed by atoms with Crippen molar-refractivity contribution in [3.63, 3.8) is 0 Å². The maximum absolute atomic E-state index is 5.22. The Morgan fingerprint density at radius 2 is 2.00 bits per heavy atom. The van der Waals surface area contributed by atoms with E-state index in [0.29, 0.717) is 11.1 Å². The maximum Gasteiger partial charge on any atom is 0.247 e. The van der Waals surface area contributed by atoms with Gasteiger partial charge in [-0.2, -0.15) is 4.98 Å². The minimum absolute atomic E-state index is 0.537. The molecule has 1 aromatic carbocycles. The zero-order valence-corrected chi connectivity index (χ0v) is 10.1. The average Bonchev–Trinajstić information content (AvgIpc) is 3.03. The Morgan fingerprint density at radius 3 is 2.78 bits per heavy atom. The molecule has 0 spiro atoms. The van der Waals surface area contributed by atoms with E-state index in [1.54, 1.807) is 6.26 Å². The van der Waals surface area contributed by atoms with Gasteiger partial charge in [0.15, 0.2) is 10.2 Å². The van der Waals surface area contributed by atoms with Gasteiger partial charge in [0.1, 0.15) is 0 Å². The summed E-state index contributed by atoms with van der Waals surface area (Å²) < 4.78 is 5.22. The first-order chi connectivity index (χ1) is 8.90. The molecule has 5 nitrogen and oxygen atoms in total. The minimum atomic E-state index is 0.537. The second-order valence-corrected chi connectivity index (χ2v) is 4.48. The summed E-state index contributed by atoms with van der Waals surface area (Å²) >= 11 is 1.39. The molecular formula is C12H10N4OS. The molecular weight excluding hydrogens is 248 g/mol. The highest BCUT2D eigenvalue weighted by atomic mass is 32.2. The highest BCUT2D eigenvalue weighted by Crippen LogP contribution is 2.25. The van der Waals surface area contributed by atoms with Crippen LogP contribution in [-0.4, -0.2) is 15.2 Å². The zero-order chi connectivity index (χ0) is 12.2. The Kier molecular flexibility index (Phi) is 3.01. The number of anilines is 2. The lowest BCUT2D eigenvalue weighted by molar-refractivity contribution is 0.474. The first kappa shape index (κ1) is 10.9. The number of aromatic amines is 1. The molecule has 0 fully saturated rings. The van der Waals surface area contributed by atoms with Gasteiger partial charge >= 0.3 is 0 Å². The number of hydrogen-bond acceptors (Lipinski definition) is 5. The molecule has 18 heavy (non-hydrogen) atoms. The van der Waals surface area contributed by atoms with Crippen LogP contribution in [0.15, 0.2) is 63.4 Å². The molecule has 0 saturated heterocycles. The van der Waals surface area contributed by atoms with E-state index in [1.807, 2.05) is 42.5 Å². The van der Waals surface area contributed by atoms with E-state index in [-0.39, 0.29) is 0 Å². The average molecular weight is 258 g/mol. The van der Waals surface area contributed by atoms with Crippen molar-refractivity contribution in [1.82, 2.24) is 15.2 Å². The predicted octanol–water partition coefficient (Wildman–Crippen LogP) is 3.29. The van der Waals surface area contributed by atoms with E-state index in [1.165, 1.54) is 11.8 Å². The molecule has 0 saturated carbocycles. The van der Waals surface area contributed by atoms with E-state index >= 15 is 0 Å². The molecule has 2 heterocycles. The van der Waals surface area contributed by atoms with E-state index in [9.17, 15) is 0 Å². The molecule has 0 bridgehead atoms. The molecule has 0 aliphatic rings. The third-order valence-electron chi connectivity index (χ3n) is 2.19. The Morgan fingerprint density at radius 1 is 1.11 bits per heavy atom. The third-order valence-corrected chi connectivity index (χ3v) is 3.00. The van der Waals surface area contributed by atoms with E-state index in [0.717, 1.165) is 10.8 Å². The number of H-pyrrole nitrogens is 1. The summed E-state index contributed by atoms with van der Waals surface area (Å²) in [5.41, 5.74) is 0.950. The summed E-state index contributed by atoms with van der Waals surface area (Å²) in [5.74, 6) is 0.537. The van der Waals surface area contributed by atoms with Gasteiger partial charge in [0.2, 0.25) is 5.95 Å². The molecule has 2 aromatic heterocycles. The Labute approximate surface area is 108 Å². The molecule has 0 atom stereocenters. The highest BCUT2D eigenvalue weighted by molar-refractivity contribution is 7.99. The number of benzene rings is 1. The standard InChI is InChI=1S/C12H10N4OS/c1-2-5-9(6-3-1)13-11-14-12(16-15-11)18-10-7-4-8-17-10/h1-8H,(H2,13,14,15,16). The zero-order valence-electron chi connectivity index (χ0n) is 9.33. The second kappa shape index (κ2) is 4.97. The number of para-hydroxylation sites is 1. The van der Waals surface area contributed by atoms with E-state index < -0.39 is 0 Å². The van der Waals surface area contributed by atoms with Crippen molar-refractivity contribution in [3.05, 3.63) is 48.7 Å². The van der Waals surface area contributed by atoms with Crippen LogP contribution >= 0.6 is 11.8 Å². The molecule has 3 rings (SSSR count). The van der Waals surface area contributed by atoms with Crippen molar-refractivity contribution in [2.75, 3.05) is 5.32 Å². The lowest BCUT2D eigenvalue weighted by atomic mass is 10.3. The molecule has 90 valence electrons. The molecule has 0 unspecified atom stereocenters. The smallest absolute Gasteiger partial charge is 0.247 e. The number of rotatable bonds is 4. The van der Waals surface area contributed by atoms with Crippen molar-refractivity contribution in [2.45, 2.75) is 10.2 Å². The number of aromatic nitrogens is 3. The van der Waals surface area contributed by atoms with Gasteiger partial charge in [-0.3, -0.25) is 5.10 Å². The Balaban J connectivity index is 1.70. The number of nitrogens with zero attached hydrogens (tertiary/aromatic N) is 2. The summed E-state index contributed by atoms with van der Waals surface area (Å²) in [6, 6.07) is 13.5. The lowest BCUT2D eigenvalue weighted by Crippen LogP contribution is -1.91. The number of furan rings is 1. The number of nitrogens with one attached hydrogen (secondary N) is 2. The summed E-state index contributed by atoms with van der Waals surface area (Å²) in [7, 11) is 0. The summed E-state index contributed by atoms with van der Waals surface area (Å²) in [5, 5.41) is 11.5. The van der Waals surface area contributed by atoms with Crippen LogP contribution in [-0.2, 0) is 0 Å². The fraction of sp³-hybridized carbons (Fsp3) is 0. The first-order valence-electron chi connectivity index (χ1n) is 5.36. The van der Waals surface area contributed by atoms with Crippen molar-refractivity contribution in [1.29, 1.82) is 0 Å². The summed E-state index contributed by atoms with van der Waals surface area (Å²) in [6.45, 7) is 0. The molecule has 0 aliphatic carbocycles. The van der Waals surface area contributed by atoms with Gasteiger partial charge in [-0.05, 0) is 36.0 Å². The van der Waals surface area contributed by atoms with Gasteiger partial charge in [-0.1, -0.05) is 18.2 Å². The van der Waals surface area contributed by atoms with Gasteiger partial charge in [0.05, 0.1) is 6.26 Å². The van der Waals surface area contributed by atoms with Crippen LogP contribution in [0.5, 0.6) is 0 Å². The van der Waals surface area contributed by atoms with Gasteiger partial charge in [0.25, 0.3) is 0 Å². The SMILES string of the molecule is c1ccc(Nc2n[nH]c(Sc3ccco3)n2)cc1. The van der Waals surface area contributed by atoms with Crippen molar-refractivity contribution in [3.8, 4) is 0 Å². The van der Waals surface area contributed by atoms with Gasteiger partial charge in [-0.15, -0.1) is 5.10 Å². The normalized spacial score (nSPS) is 10.4. The predicted molar refractivity (Wildman–Crippen MR) is 68.9 cm³/mol. The van der Waals surface area contributed by atoms with Crippen molar-refractivity contribution < 1.29 is 4.42 Å². The van der Waals surface area contributed by atoms with Crippen LogP contribution in [0.1, 0.15) is 0 Å². The second-order valence-electron chi connectivity index (χ2n) is 3.49. The van der Waals surface area contributed by atoms with Crippen LogP contribution in [0.3, 0.4) is 0 Å². The summed E-state index contributed by atoms with van der Waals surface area (Å²) in [6.07, 6.45) is 1.63. The third kappa shape index (κ3) is 2.54. The van der Waals surface area contributed by atoms with Crippen LogP contribution in [0.2, 0.25) is 0 Å². The van der Waals surface area contributed by atoms with Crippen molar-refractivity contribution in [2.24, 2.45) is 0 Å². The summed E-state index contributed by atoms with van der Waals surface area (Å²) in [4.78, 5) is 4.31. The minimum Gasteiger partial charge on any atom is -0.458 e. The van der Waals surface area contributed by atoms with E-state index in [4.69, 9.17) is 4.42 Å². The van der Waals surface area contributed by atoms with Crippen LogP contribution in [0, 0.1) is 0 Å². The van der Waals surface area contributed by atoms with Gasteiger partial charge < -0.3 is 9.73 Å². The van der Waals surface area contributed by atoms with Crippen LogP contribution in [0.25, 0.3) is 0 Å².